The van der Waals surface area contributed by atoms with E-state index in [-0.39, 0.29) is 5.03 Å². The predicted molar refractivity (Wildman–Crippen MR) is 83.4 cm³/mol. The number of pyridine rings is 1. The van der Waals surface area contributed by atoms with Gasteiger partial charge in [-0.05, 0) is 30.5 Å². The number of sulfonamides is 1. The lowest BCUT2D eigenvalue weighted by Crippen LogP contribution is -2.26. The van der Waals surface area contributed by atoms with Crippen LogP contribution in [0.25, 0.3) is 0 Å². The molecule has 1 aromatic rings. The number of rotatable bonds is 8. The van der Waals surface area contributed by atoms with Gasteiger partial charge in [-0.1, -0.05) is 38.7 Å². The molecule has 1 fully saturated rings. The van der Waals surface area contributed by atoms with E-state index in [1.165, 1.54) is 25.7 Å². The average molecular weight is 311 g/mol. The molecule has 0 aromatic carbocycles. The van der Waals surface area contributed by atoms with E-state index < -0.39 is 10.0 Å². The largest absolute Gasteiger partial charge is 0.313 e. The number of hydrogen-bond donors (Lipinski definition) is 2. The van der Waals surface area contributed by atoms with Gasteiger partial charge in [0, 0.05) is 19.3 Å². The zero-order chi connectivity index (χ0) is 15.1. The van der Waals surface area contributed by atoms with Crippen LogP contribution in [0.2, 0.25) is 0 Å². The standard InChI is InChI=1S/C15H25N3O2S/c1-2-16-11-14-7-8-15(17-12-14)21(19,20)18-10-9-13-5-3-4-6-13/h7-8,12-13,16,18H,2-6,9-11H2,1H3. The minimum absolute atomic E-state index is 0.106. The smallest absolute Gasteiger partial charge is 0.258 e. The highest BCUT2D eigenvalue weighted by molar-refractivity contribution is 7.89. The van der Waals surface area contributed by atoms with Crippen LogP contribution in [0.1, 0.15) is 44.6 Å². The summed E-state index contributed by atoms with van der Waals surface area (Å²) >= 11 is 0. The monoisotopic (exact) mass is 311 g/mol. The molecular formula is C15H25N3O2S. The lowest BCUT2D eigenvalue weighted by molar-refractivity contribution is 0.495. The van der Waals surface area contributed by atoms with Gasteiger partial charge in [0.15, 0.2) is 5.03 Å². The minimum Gasteiger partial charge on any atom is -0.313 e. The lowest BCUT2D eigenvalue weighted by atomic mass is 10.1. The Balaban J connectivity index is 1.85. The molecule has 0 saturated heterocycles. The van der Waals surface area contributed by atoms with Crippen molar-refractivity contribution in [2.45, 2.75) is 50.6 Å². The fourth-order valence-electron chi connectivity index (χ4n) is 2.71. The second-order valence-corrected chi connectivity index (χ2v) is 7.34. The van der Waals surface area contributed by atoms with Gasteiger partial charge in [0.2, 0.25) is 0 Å². The van der Waals surface area contributed by atoms with Crippen LogP contribution in [-0.2, 0) is 16.6 Å². The quantitative estimate of drug-likeness (QED) is 0.771. The summed E-state index contributed by atoms with van der Waals surface area (Å²) in [5, 5.41) is 3.29. The maximum atomic E-state index is 12.1. The predicted octanol–water partition coefficient (Wildman–Crippen LogP) is 2.05. The highest BCUT2D eigenvalue weighted by atomic mass is 32.2. The van der Waals surface area contributed by atoms with Crippen molar-refractivity contribution in [1.82, 2.24) is 15.0 Å². The first kappa shape index (κ1) is 16.4. The van der Waals surface area contributed by atoms with E-state index in [1.54, 1.807) is 18.3 Å². The van der Waals surface area contributed by atoms with Crippen molar-refractivity contribution in [3.63, 3.8) is 0 Å². The first-order valence-electron chi connectivity index (χ1n) is 7.77. The molecule has 1 saturated carbocycles. The molecule has 1 aromatic heterocycles. The third-order valence-corrected chi connectivity index (χ3v) is 5.35. The van der Waals surface area contributed by atoms with Crippen LogP contribution in [-0.4, -0.2) is 26.5 Å². The van der Waals surface area contributed by atoms with E-state index in [1.807, 2.05) is 6.92 Å². The van der Waals surface area contributed by atoms with Gasteiger partial charge in [-0.15, -0.1) is 0 Å². The number of nitrogens with one attached hydrogen (secondary N) is 2. The van der Waals surface area contributed by atoms with Crippen LogP contribution >= 0.6 is 0 Å². The summed E-state index contributed by atoms with van der Waals surface area (Å²) in [5.74, 6) is 0.683. The molecule has 0 radical (unpaired) electrons. The van der Waals surface area contributed by atoms with E-state index in [0.717, 1.165) is 18.5 Å². The van der Waals surface area contributed by atoms with Crippen molar-refractivity contribution in [2.75, 3.05) is 13.1 Å². The molecule has 1 aliphatic rings. The van der Waals surface area contributed by atoms with Gasteiger partial charge in [0.1, 0.15) is 0 Å². The van der Waals surface area contributed by atoms with Crippen molar-refractivity contribution in [2.24, 2.45) is 5.92 Å². The molecule has 6 heteroatoms. The summed E-state index contributed by atoms with van der Waals surface area (Å²) in [5.41, 5.74) is 0.988. The van der Waals surface area contributed by atoms with Crippen molar-refractivity contribution in [1.29, 1.82) is 0 Å². The van der Waals surface area contributed by atoms with E-state index >= 15 is 0 Å². The Kier molecular flexibility index (Phi) is 6.14. The third-order valence-electron chi connectivity index (χ3n) is 3.97. The SMILES string of the molecule is CCNCc1ccc(S(=O)(=O)NCCC2CCCC2)nc1. The second kappa shape index (κ2) is 7.87. The summed E-state index contributed by atoms with van der Waals surface area (Å²) in [6.45, 7) is 4.12. The molecule has 118 valence electrons. The summed E-state index contributed by atoms with van der Waals surface area (Å²) in [6.07, 6.45) is 7.59. The summed E-state index contributed by atoms with van der Waals surface area (Å²) in [4.78, 5) is 4.06. The highest BCUT2D eigenvalue weighted by Crippen LogP contribution is 2.27. The van der Waals surface area contributed by atoms with Crippen molar-refractivity contribution >= 4 is 10.0 Å². The molecule has 0 aliphatic heterocycles. The van der Waals surface area contributed by atoms with Gasteiger partial charge in [0.25, 0.3) is 10.0 Å². The van der Waals surface area contributed by atoms with Crippen molar-refractivity contribution < 1.29 is 8.42 Å². The minimum atomic E-state index is -3.47. The van der Waals surface area contributed by atoms with E-state index in [9.17, 15) is 8.42 Å². The molecule has 0 bridgehead atoms. The van der Waals surface area contributed by atoms with E-state index in [0.29, 0.717) is 19.0 Å². The first-order valence-corrected chi connectivity index (χ1v) is 9.25. The molecule has 0 atom stereocenters. The number of nitrogens with zero attached hydrogens (tertiary/aromatic N) is 1. The Morgan fingerprint density at radius 3 is 2.67 bits per heavy atom. The number of aromatic nitrogens is 1. The Morgan fingerprint density at radius 2 is 2.05 bits per heavy atom. The third kappa shape index (κ3) is 5.05. The molecule has 0 unspecified atom stereocenters. The molecular weight excluding hydrogens is 286 g/mol. The first-order chi connectivity index (χ1) is 10.1. The topological polar surface area (TPSA) is 71.1 Å². The van der Waals surface area contributed by atoms with Gasteiger partial charge in [-0.2, -0.15) is 0 Å². The maximum Gasteiger partial charge on any atom is 0.258 e. The fourth-order valence-corrected chi connectivity index (χ4v) is 3.69. The van der Waals surface area contributed by atoms with Crippen LogP contribution in [0.15, 0.2) is 23.4 Å². The van der Waals surface area contributed by atoms with Gasteiger partial charge in [-0.3, -0.25) is 0 Å². The molecule has 21 heavy (non-hydrogen) atoms. The van der Waals surface area contributed by atoms with Crippen LogP contribution < -0.4 is 10.0 Å². The summed E-state index contributed by atoms with van der Waals surface area (Å²) < 4.78 is 26.9. The highest BCUT2D eigenvalue weighted by Gasteiger charge is 2.18. The molecule has 2 N–H and O–H groups in total. The molecule has 1 aliphatic carbocycles. The second-order valence-electron chi connectivity index (χ2n) is 5.62. The Labute approximate surface area is 127 Å². The Bertz CT molecular complexity index is 522. The fraction of sp³-hybridized carbons (Fsp3) is 0.667. The van der Waals surface area contributed by atoms with E-state index in [4.69, 9.17) is 0 Å². The normalized spacial score (nSPS) is 16.4. The zero-order valence-corrected chi connectivity index (χ0v) is 13.5. The molecule has 5 nitrogen and oxygen atoms in total. The average Bonchev–Trinajstić information content (AvgIpc) is 2.98. The molecule has 0 spiro atoms. The lowest BCUT2D eigenvalue weighted by Gasteiger charge is -2.10. The zero-order valence-electron chi connectivity index (χ0n) is 12.6. The van der Waals surface area contributed by atoms with Crippen LogP contribution in [0.3, 0.4) is 0 Å². The van der Waals surface area contributed by atoms with Crippen LogP contribution in [0.4, 0.5) is 0 Å². The van der Waals surface area contributed by atoms with Crippen molar-refractivity contribution in [3.8, 4) is 0 Å². The van der Waals surface area contributed by atoms with Crippen molar-refractivity contribution in [3.05, 3.63) is 23.9 Å². The van der Waals surface area contributed by atoms with E-state index in [2.05, 4.69) is 15.0 Å². The van der Waals surface area contributed by atoms with Gasteiger partial charge in [0.05, 0.1) is 0 Å². The molecule has 0 amide bonds. The van der Waals surface area contributed by atoms with Gasteiger partial charge < -0.3 is 5.32 Å². The van der Waals surface area contributed by atoms with Gasteiger partial charge >= 0.3 is 0 Å². The van der Waals surface area contributed by atoms with Crippen LogP contribution in [0.5, 0.6) is 0 Å². The molecule has 2 rings (SSSR count). The Hall–Kier alpha value is -0.980. The Morgan fingerprint density at radius 1 is 1.29 bits per heavy atom. The summed E-state index contributed by atoms with van der Waals surface area (Å²) in [6, 6.07) is 3.38. The maximum absolute atomic E-state index is 12.1. The van der Waals surface area contributed by atoms with Crippen LogP contribution in [0, 0.1) is 5.92 Å². The number of hydrogen-bond acceptors (Lipinski definition) is 4. The van der Waals surface area contributed by atoms with Gasteiger partial charge in [-0.25, -0.2) is 18.1 Å². The molecule has 1 heterocycles. The summed E-state index contributed by atoms with van der Waals surface area (Å²) in [7, 11) is -3.47.